The van der Waals surface area contributed by atoms with Crippen molar-refractivity contribution in [3.8, 4) is 0 Å². The number of ether oxygens (including phenoxy) is 3. The summed E-state index contributed by atoms with van der Waals surface area (Å²) in [6.07, 6.45) is 1.91. The van der Waals surface area contributed by atoms with Gasteiger partial charge in [-0.2, -0.15) is 0 Å². The van der Waals surface area contributed by atoms with Crippen molar-refractivity contribution >= 4 is 10.0 Å². The topological polar surface area (TPSA) is 85.9 Å². The van der Waals surface area contributed by atoms with E-state index in [4.69, 9.17) is 14.2 Å². The highest BCUT2D eigenvalue weighted by atomic mass is 32.2. The van der Waals surface area contributed by atoms with Crippen LogP contribution in [0.1, 0.15) is 6.42 Å². The van der Waals surface area contributed by atoms with E-state index in [0.29, 0.717) is 39.6 Å². The third-order valence-electron chi connectivity index (χ3n) is 2.12. The maximum absolute atomic E-state index is 10.8. The van der Waals surface area contributed by atoms with E-state index in [0.717, 1.165) is 25.8 Å². The lowest BCUT2D eigenvalue weighted by Crippen LogP contribution is -2.27. The fraction of sp³-hybridized carbons (Fsp3) is 1.00. The minimum Gasteiger partial charge on any atom is -0.382 e. The van der Waals surface area contributed by atoms with Crippen LogP contribution in [0.4, 0.5) is 0 Å². The summed E-state index contributed by atoms with van der Waals surface area (Å²) < 4.78 is 39.4. The van der Waals surface area contributed by atoms with Crippen molar-refractivity contribution in [2.45, 2.75) is 6.42 Å². The molecule has 116 valence electrons. The van der Waals surface area contributed by atoms with Crippen molar-refractivity contribution < 1.29 is 22.6 Å². The van der Waals surface area contributed by atoms with E-state index >= 15 is 0 Å². The van der Waals surface area contributed by atoms with Crippen LogP contribution in [-0.2, 0) is 24.2 Å². The van der Waals surface area contributed by atoms with Crippen LogP contribution in [-0.4, -0.2) is 74.5 Å². The summed E-state index contributed by atoms with van der Waals surface area (Å²) in [5, 5.41) is 3.16. The highest BCUT2D eigenvalue weighted by Gasteiger charge is 1.98. The van der Waals surface area contributed by atoms with Gasteiger partial charge in [0.15, 0.2) is 0 Å². The summed E-state index contributed by atoms with van der Waals surface area (Å²) >= 11 is 0. The molecule has 0 unspecified atom stereocenters. The Labute approximate surface area is 116 Å². The highest BCUT2D eigenvalue weighted by Crippen LogP contribution is 1.80. The summed E-state index contributed by atoms with van der Waals surface area (Å²) in [5.41, 5.74) is 0. The fourth-order valence-electron chi connectivity index (χ4n) is 1.20. The van der Waals surface area contributed by atoms with Crippen molar-refractivity contribution in [3.63, 3.8) is 0 Å². The Morgan fingerprint density at radius 2 is 1.53 bits per heavy atom. The third-order valence-corrected chi connectivity index (χ3v) is 2.85. The number of hydrogen-bond donors (Lipinski definition) is 2. The molecule has 0 spiro atoms. The molecule has 0 saturated heterocycles. The zero-order valence-corrected chi connectivity index (χ0v) is 12.6. The molecule has 0 bridgehead atoms. The van der Waals surface area contributed by atoms with Gasteiger partial charge in [0.25, 0.3) is 0 Å². The number of hydrogen-bond acceptors (Lipinski definition) is 6. The molecule has 0 saturated carbocycles. The van der Waals surface area contributed by atoms with Gasteiger partial charge < -0.3 is 19.5 Å². The van der Waals surface area contributed by atoms with E-state index in [1.54, 1.807) is 7.11 Å². The standard InChI is InChI=1S/C11H26N2O5S/c1-16-8-9-18-11-10-17-7-6-12-4-3-5-13-19(2,14)15/h12-13H,3-11H2,1-2H3. The number of sulfonamides is 1. The molecule has 2 N–H and O–H groups in total. The summed E-state index contributed by atoms with van der Waals surface area (Å²) in [7, 11) is -1.43. The average molecular weight is 298 g/mol. The van der Waals surface area contributed by atoms with Gasteiger partial charge in [0, 0.05) is 20.2 Å². The monoisotopic (exact) mass is 298 g/mol. The molecule has 0 aromatic carbocycles. The smallest absolute Gasteiger partial charge is 0.208 e. The average Bonchev–Trinajstić information content (AvgIpc) is 2.34. The molecule has 0 heterocycles. The molecule has 7 nitrogen and oxygen atoms in total. The molecule has 0 aromatic heterocycles. The minimum atomic E-state index is -3.06. The van der Waals surface area contributed by atoms with Gasteiger partial charge in [-0.1, -0.05) is 0 Å². The molecule has 0 radical (unpaired) electrons. The van der Waals surface area contributed by atoms with Gasteiger partial charge >= 0.3 is 0 Å². The van der Waals surface area contributed by atoms with Crippen molar-refractivity contribution in [2.24, 2.45) is 0 Å². The lowest BCUT2D eigenvalue weighted by atomic mass is 10.4. The largest absolute Gasteiger partial charge is 0.382 e. The SMILES string of the molecule is COCCOCCOCCNCCCNS(C)(=O)=O. The minimum absolute atomic E-state index is 0.458. The number of rotatable bonds is 14. The molecule has 0 aliphatic rings. The van der Waals surface area contributed by atoms with Crippen LogP contribution in [0.25, 0.3) is 0 Å². The quantitative estimate of drug-likeness (QED) is 0.408. The molecule has 0 fully saturated rings. The van der Waals surface area contributed by atoms with Crippen LogP contribution in [0.5, 0.6) is 0 Å². The van der Waals surface area contributed by atoms with E-state index in [9.17, 15) is 8.42 Å². The first-order valence-electron chi connectivity index (χ1n) is 6.36. The second-order valence-corrected chi connectivity index (χ2v) is 5.82. The van der Waals surface area contributed by atoms with E-state index < -0.39 is 10.0 Å². The van der Waals surface area contributed by atoms with Gasteiger partial charge in [0.1, 0.15) is 0 Å². The summed E-state index contributed by atoms with van der Waals surface area (Å²) in [6.45, 7) is 4.91. The van der Waals surface area contributed by atoms with Gasteiger partial charge in [-0.3, -0.25) is 0 Å². The molecule has 0 aromatic rings. The Bertz CT molecular complexity index is 285. The van der Waals surface area contributed by atoms with E-state index in [1.807, 2.05) is 0 Å². The Kier molecular flexibility index (Phi) is 12.6. The van der Waals surface area contributed by atoms with Crippen molar-refractivity contribution in [1.82, 2.24) is 10.0 Å². The van der Waals surface area contributed by atoms with Crippen LogP contribution in [0.15, 0.2) is 0 Å². The summed E-state index contributed by atoms with van der Waals surface area (Å²) in [6, 6.07) is 0. The molecule has 19 heavy (non-hydrogen) atoms. The first-order valence-corrected chi connectivity index (χ1v) is 8.25. The van der Waals surface area contributed by atoms with Crippen LogP contribution < -0.4 is 10.0 Å². The summed E-state index contributed by atoms with van der Waals surface area (Å²) in [4.78, 5) is 0. The van der Waals surface area contributed by atoms with Gasteiger partial charge in [0.05, 0.1) is 39.3 Å². The molecular formula is C11H26N2O5S. The van der Waals surface area contributed by atoms with Gasteiger partial charge in [-0.05, 0) is 13.0 Å². The Morgan fingerprint density at radius 1 is 0.895 bits per heavy atom. The molecule has 0 atom stereocenters. The second-order valence-electron chi connectivity index (χ2n) is 3.99. The molecule has 0 rings (SSSR count). The van der Waals surface area contributed by atoms with E-state index in [-0.39, 0.29) is 0 Å². The Morgan fingerprint density at radius 3 is 2.16 bits per heavy atom. The normalized spacial score (nSPS) is 11.9. The maximum Gasteiger partial charge on any atom is 0.208 e. The number of methoxy groups -OCH3 is 1. The first kappa shape index (κ1) is 18.8. The lowest BCUT2D eigenvalue weighted by Gasteiger charge is -2.07. The van der Waals surface area contributed by atoms with E-state index in [2.05, 4.69) is 10.0 Å². The zero-order chi connectivity index (χ0) is 14.4. The zero-order valence-electron chi connectivity index (χ0n) is 11.8. The number of nitrogens with one attached hydrogen (secondary N) is 2. The lowest BCUT2D eigenvalue weighted by molar-refractivity contribution is 0.0256. The van der Waals surface area contributed by atoms with Gasteiger partial charge in [0.2, 0.25) is 10.0 Å². The molecule has 8 heteroatoms. The highest BCUT2D eigenvalue weighted by molar-refractivity contribution is 7.88. The van der Waals surface area contributed by atoms with Crippen molar-refractivity contribution in [1.29, 1.82) is 0 Å². The molecular weight excluding hydrogens is 272 g/mol. The van der Waals surface area contributed by atoms with Crippen LogP contribution >= 0.6 is 0 Å². The van der Waals surface area contributed by atoms with Gasteiger partial charge in [-0.25, -0.2) is 13.1 Å². The summed E-state index contributed by atoms with van der Waals surface area (Å²) in [5.74, 6) is 0. The molecule has 0 amide bonds. The predicted octanol–water partition coefficient (Wildman–Crippen LogP) is -0.805. The Hall–Kier alpha value is -0.250. The van der Waals surface area contributed by atoms with Crippen molar-refractivity contribution in [2.75, 3.05) is 66.0 Å². The second kappa shape index (κ2) is 12.8. The van der Waals surface area contributed by atoms with Crippen LogP contribution in [0, 0.1) is 0 Å². The van der Waals surface area contributed by atoms with E-state index in [1.165, 1.54) is 0 Å². The van der Waals surface area contributed by atoms with Crippen molar-refractivity contribution in [3.05, 3.63) is 0 Å². The maximum atomic E-state index is 10.8. The fourth-order valence-corrected chi connectivity index (χ4v) is 1.72. The van der Waals surface area contributed by atoms with Crippen LogP contribution in [0.2, 0.25) is 0 Å². The molecule has 0 aliphatic heterocycles. The Balaban J connectivity index is 3.03. The first-order chi connectivity index (χ1) is 9.06. The predicted molar refractivity (Wildman–Crippen MR) is 73.8 cm³/mol. The molecule has 0 aliphatic carbocycles. The van der Waals surface area contributed by atoms with Gasteiger partial charge in [-0.15, -0.1) is 0 Å². The van der Waals surface area contributed by atoms with Crippen LogP contribution in [0.3, 0.4) is 0 Å². The third kappa shape index (κ3) is 17.8.